The van der Waals surface area contributed by atoms with E-state index in [2.05, 4.69) is 5.32 Å². The minimum absolute atomic E-state index is 0.0564. The first-order valence-electron chi connectivity index (χ1n) is 9.43. The second-order valence-corrected chi connectivity index (χ2v) is 10.6. The first-order chi connectivity index (χ1) is 14.2. The first-order valence-corrected chi connectivity index (χ1v) is 12.2. The number of halogens is 3. The number of nitrogens with one attached hydrogen (secondary N) is 1. The van der Waals surface area contributed by atoms with Crippen molar-refractivity contribution >= 4 is 62.1 Å². The highest BCUT2D eigenvalue weighted by Gasteiger charge is 2.30. The molecule has 1 N–H and O–H groups in total. The Bertz CT molecular complexity index is 1100. The zero-order chi connectivity index (χ0) is 21.5. The van der Waals surface area contributed by atoms with Gasteiger partial charge < -0.3 is 10.1 Å². The van der Waals surface area contributed by atoms with Crippen molar-refractivity contribution in [2.75, 3.05) is 35.1 Å². The number of sulfonamides is 1. The Kier molecular flexibility index (Phi) is 6.19. The smallest absolute Gasteiger partial charge is 0.257 e. The Hall–Kier alpha value is -1.51. The molecule has 0 saturated carbocycles. The Morgan fingerprint density at radius 1 is 1.13 bits per heavy atom. The zero-order valence-electron chi connectivity index (χ0n) is 15.8. The molecule has 0 aliphatic carbocycles. The highest BCUT2D eigenvalue weighted by Crippen LogP contribution is 2.35. The summed E-state index contributed by atoms with van der Waals surface area (Å²) in [7, 11) is -3.42. The van der Waals surface area contributed by atoms with Crippen LogP contribution in [0.4, 0.5) is 11.4 Å². The summed E-state index contributed by atoms with van der Waals surface area (Å²) in [6.07, 6.45) is 1.40. The predicted octanol–water partition coefficient (Wildman–Crippen LogP) is 4.94. The Morgan fingerprint density at radius 3 is 2.60 bits per heavy atom. The van der Waals surface area contributed by atoms with Crippen LogP contribution in [0, 0.1) is 0 Å². The fourth-order valence-electron chi connectivity index (χ4n) is 3.73. The molecule has 30 heavy (non-hydrogen) atoms. The van der Waals surface area contributed by atoms with Gasteiger partial charge in [0, 0.05) is 29.8 Å². The van der Waals surface area contributed by atoms with Crippen LogP contribution in [0.3, 0.4) is 0 Å². The summed E-state index contributed by atoms with van der Waals surface area (Å²) in [6, 6.07) is 8.26. The standard InChI is InChI=1S/C20H19Cl3N2O4S/c21-14-6-13(12-2-4-29-11-12)7-15(8-14)24-20(26)17-9-16(10-18(22)19(17)23)25-3-1-5-30(25,27)28/h6-10,12H,1-5,11H2,(H,24,26)/t12-/m1/s1. The summed E-state index contributed by atoms with van der Waals surface area (Å²) in [4.78, 5) is 13.0. The quantitative estimate of drug-likeness (QED) is 0.660. The topological polar surface area (TPSA) is 75.7 Å². The van der Waals surface area contributed by atoms with E-state index in [1.54, 1.807) is 6.07 Å². The number of benzene rings is 2. The van der Waals surface area contributed by atoms with Crippen LogP contribution in [-0.4, -0.2) is 39.8 Å². The van der Waals surface area contributed by atoms with Gasteiger partial charge in [0.2, 0.25) is 10.0 Å². The fraction of sp³-hybridized carbons (Fsp3) is 0.350. The van der Waals surface area contributed by atoms with Crippen molar-refractivity contribution in [1.82, 2.24) is 0 Å². The normalized spacial score (nSPS) is 20.5. The molecule has 1 amide bonds. The number of ether oxygens (including phenoxy) is 1. The Morgan fingerprint density at radius 2 is 1.93 bits per heavy atom. The van der Waals surface area contributed by atoms with Crippen molar-refractivity contribution in [3.8, 4) is 0 Å². The third-order valence-corrected chi connectivity index (χ3v) is 8.11. The number of amides is 1. The van der Waals surface area contributed by atoms with Crippen LogP contribution < -0.4 is 9.62 Å². The molecule has 0 aromatic heterocycles. The molecule has 0 spiro atoms. The van der Waals surface area contributed by atoms with Crippen molar-refractivity contribution in [2.24, 2.45) is 0 Å². The molecule has 6 nitrogen and oxygen atoms in total. The number of anilines is 2. The van der Waals surface area contributed by atoms with Gasteiger partial charge in [0.05, 0.1) is 33.7 Å². The number of hydrogen-bond donors (Lipinski definition) is 1. The number of rotatable bonds is 4. The molecule has 2 fully saturated rings. The van der Waals surface area contributed by atoms with E-state index in [4.69, 9.17) is 39.5 Å². The maximum atomic E-state index is 13.0. The molecule has 0 bridgehead atoms. The van der Waals surface area contributed by atoms with Crippen LogP contribution in [0.15, 0.2) is 30.3 Å². The lowest BCUT2D eigenvalue weighted by atomic mass is 9.98. The van der Waals surface area contributed by atoms with E-state index in [1.807, 2.05) is 12.1 Å². The van der Waals surface area contributed by atoms with Crippen LogP contribution in [0.5, 0.6) is 0 Å². The van der Waals surface area contributed by atoms with Gasteiger partial charge in [-0.25, -0.2) is 8.42 Å². The molecule has 10 heteroatoms. The third-order valence-electron chi connectivity index (χ3n) is 5.22. The minimum Gasteiger partial charge on any atom is -0.381 e. The lowest BCUT2D eigenvalue weighted by molar-refractivity contribution is 0.102. The fourth-order valence-corrected chi connectivity index (χ4v) is 5.93. The molecule has 2 aromatic rings. The summed E-state index contributed by atoms with van der Waals surface area (Å²) < 4.78 is 31.2. The molecule has 0 radical (unpaired) electrons. The molecule has 160 valence electrons. The van der Waals surface area contributed by atoms with E-state index in [1.165, 1.54) is 16.4 Å². The van der Waals surface area contributed by atoms with Gasteiger partial charge in [0.1, 0.15) is 0 Å². The highest BCUT2D eigenvalue weighted by atomic mass is 35.5. The highest BCUT2D eigenvalue weighted by molar-refractivity contribution is 7.93. The largest absolute Gasteiger partial charge is 0.381 e. The molecule has 2 aliphatic rings. The van der Waals surface area contributed by atoms with Crippen LogP contribution in [0.25, 0.3) is 0 Å². The molecule has 2 saturated heterocycles. The van der Waals surface area contributed by atoms with Gasteiger partial charge >= 0.3 is 0 Å². The van der Waals surface area contributed by atoms with E-state index in [9.17, 15) is 13.2 Å². The molecule has 2 aliphatic heterocycles. The molecule has 2 heterocycles. The first kappa shape index (κ1) is 21.7. The van der Waals surface area contributed by atoms with Gasteiger partial charge in [-0.2, -0.15) is 0 Å². The van der Waals surface area contributed by atoms with Gasteiger partial charge in [-0.3, -0.25) is 9.10 Å². The maximum absolute atomic E-state index is 13.0. The second kappa shape index (κ2) is 8.55. The van der Waals surface area contributed by atoms with Crippen LogP contribution in [0.1, 0.15) is 34.7 Å². The van der Waals surface area contributed by atoms with E-state index >= 15 is 0 Å². The van der Waals surface area contributed by atoms with Crippen molar-refractivity contribution < 1.29 is 17.9 Å². The van der Waals surface area contributed by atoms with Crippen molar-refractivity contribution in [3.63, 3.8) is 0 Å². The van der Waals surface area contributed by atoms with Gasteiger partial charge in [-0.1, -0.05) is 34.8 Å². The number of carbonyl (C=O) groups is 1. The SMILES string of the molecule is O=C(Nc1cc(Cl)cc([C@@H]2CCOC2)c1)c1cc(N2CCCS2(=O)=O)cc(Cl)c1Cl. The van der Waals surface area contributed by atoms with Crippen molar-refractivity contribution in [3.05, 3.63) is 56.5 Å². The van der Waals surface area contributed by atoms with E-state index in [-0.39, 0.29) is 27.3 Å². The van der Waals surface area contributed by atoms with E-state index in [0.717, 1.165) is 12.0 Å². The number of carbonyl (C=O) groups excluding carboxylic acids is 1. The Balaban J connectivity index is 1.64. The maximum Gasteiger partial charge on any atom is 0.257 e. The minimum atomic E-state index is -3.42. The summed E-state index contributed by atoms with van der Waals surface area (Å²) in [6.45, 7) is 1.64. The summed E-state index contributed by atoms with van der Waals surface area (Å²) in [5, 5.41) is 3.45. The molecule has 0 unspecified atom stereocenters. The molecule has 1 atom stereocenters. The lowest BCUT2D eigenvalue weighted by Gasteiger charge is -2.19. The Labute approximate surface area is 190 Å². The van der Waals surface area contributed by atoms with Crippen molar-refractivity contribution in [2.45, 2.75) is 18.8 Å². The zero-order valence-corrected chi connectivity index (χ0v) is 18.9. The van der Waals surface area contributed by atoms with Crippen LogP contribution in [0.2, 0.25) is 15.1 Å². The summed E-state index contributed by atoms with van der Waals surface area (Å²) in [5.74, 6) is -0.220. The summed E-state index contributed by atoms with van der Waals surface area (Å²) >= 11 is 18.7. The monoisotopic (exact) mass is 488 g/mol. The van der Waals surface area contributed by atoms with Crippen LogP contribution >= 0.6 is 34.8 Å². The second-order valence-electron chi connectivity index (χ2n) is 7.32. The van der Waals surface area contributed by atoms with Crippen LogP contribution in [-0.2, 0) is 14.8 Å². The molecular weight excluding hydrogens is 471 g/mol. The summed E-state index contributed by atoms with van der Waals surface area (Å²) in [5.41, 5.74) is 1.91. The predicted molar refractivity (Wildman–Crippen MR) is 120 cm³/mol. The van der Waals surface area contributed by atoms with Crippen molar-refractivity contribution in [1.29, 1.82) is 0 Å². The van der Waals surface area contributed by atoms with Gasteiger partial charge in [0.15, 0.2) is 0 Å². The average molecular weight is 490 g/mol. The number of hydrogen-bond acceptors (Lipinski definition) is 4. The van der Waals surface area contributed by atoms with Gasteiger partial charge in [0.25, 0.3) is 5.91 Å². The third kappa shape index (κ3) is 4.41. The number of nitrogens with zero attached hydrogens (tertiary/aromatic N) is 1. The van der Waals surface area contributed by atoms with E-state index < -0.39 is 15.9 Å². The van der Waals surface area contributed by atoms with Gasteiger partial charge in [-0.15, -0.1) is 0 Å². The molecule has 4 rings (SSSR count). The van der Waals surface area contributed by atoms with E-state index in [0.29, 0.717) is 42.6 Å². The molecule has 2 aromatic carbocycles. The molecular formula is C20H19Cl3N2O4S. The lowest BCUT2D eigenvalue weighted by Crippen LogP contribution is -2.25. The van der Waals surface area contributed by atoms with Gasteiger partial charge in [-0.05, 0) is 48.7 Å². The average Bonchev–Trinajstić information content (AvgIpc) is 3.32.